The van der Waals surface area contributed by atoms with Crippen molar-refractivity contribution < 1.29 is 18.3 Å². The first kappa shape index (κ1) is 12.8. The number of rotatable bonds is 5. The van der Waals surface area contributed by atoms with Crippen LogP contribution in [0.1, 0.15) is 39.5 Å². The van der Waals surface area contributed by atoms with Gasteiger partial charge in [-0.2, -0.15) is 13.2 Å². The fourth-order valence-electron chi connectivity index (χ4n) is 1.29. The summed E-state index contributed by atoms with van der Waals surface area (Å²) in [5.41, 5.74) is 0. The standard InChI is InChI=1S/C9H17F3O/c1-3-4-5-6-8(7(2)13)9(10,11)12/h7-8,13H,3-6H2,1-2H3. The minimum absolute atomic E-state index is 0.0367. The number of hydrogen-bond acceptors (Lipinski definition) is 1. The first-order valence-corrected chi connectivity index (χ1v) is 4.64. The molecule has 0 fully saturated rings. The van der Waals surface area contributed by atoms with Gasteiger partial charge in [0.15, 0.2) is 0 Å². The van der Waals surface area contributed by atoms with E-state index in [0.29, 0.717) is 6.42 Å². The van der Waals surface area contributed by atoms with E-state index in [1.54, 1.807) is 0 Å². The van der Waals surface area contributed by atoms with Gasteiger partial charge in [0.2, 0.25) is 0 Å². The molecule has 1 nitrogen and oxygen atoms in total. The predicted octanol–water partition coefficient (Wildman–Crippen LogP) is 3.13. The number of halogens is 3. The summed E-state index contributed by atoms with van der Waals surface area (Å²) in [6.07, 6.45) is -3.30. The van der Waals surface area contributed by atoms with Gasteiger partial charge in [0.25, 0.3) is 0 Å². The van der Waals surface area contributed by atoms with E-state index < -0.39 is 18.2 Å². The van der Waals surface area contributed by atoms with Gasteiger partial charge in [-0.3, -0.25) is 0 Å². The Hall–Kier alpha value is -0.250. The van der Waals surface area contributed by atoms with E-state index >= 15 is 0 Å². The van der Waals surface area contributed by atoms with Crippen LogP contribution in [0.25, 0.3) is 0 Å². The molecule has 0 aromatic heterocycles. The minimum Gasteiger partial charge on any atom is -0.393 e. The third kappa shape index (κ3) is 5.13. The topological polar surface area (TPSA) is 20.2 Å². The molecule has 0 aromatic rings. The lowest BCUT2D eigenvalue weighted by Gasteiger charge is -2.22. The summed E-state index contributed by atoms with van der Waals surface area (Å²) in [6.45, 7) is 3.13. The predicted molar refractivity (Wildman–Crippen MR) is 45.4 cm³/mol. The maximum atomic E-state index is 12.2. The van der Waals surface area contributed by atoms with Gasteiger partial charge in [-0.15, -0.1) is 0 Å². The molecule has 0 bridgehead atoms. The van der Waals surface area contributed by atoms with Gasteiger partial charge in [0, 0.05) is 0 Å². The Labute approximate surface area is 76.9 Å². The van der Waals surface area contributed by atoms with E-state index in [1.165, 1.54) is 6.92 Å². The number of unbranched alkanes of at least 4 members (excludes halogenated alkanes) is 2. The SMILES string of the molecule is CCCCCC(C(C)O)C(F)(F)F. The van der Waals surface area contributed by atoms with Gasteiger partial charge in [-0.1, -0.05) is 26.2 Å². The lowest BCUT2D eigenvalue weighted by Crippen LogP contribution is -2.32. The Balaban J connectivity index is 3.97. The summed E-state index contributed by atoms with van der Waals surface area (Å²) < 4.78 is 36.7. The average molecular weight is 198 g/mol. The van der Waals surface area contributed by atoms with E-state index in [1.807, 2.05) is 6.92 Å². The first-order valence-electron chi connectivity index (χ1n) is 4.64. The Kier molecular flexibility index (Phi) is 5.37. The van der Waals surface area contributed by atoms with E-state index in [2.05, 4.69) is 0 Å². The lowest BCUT2D eigenvalue weighted by atomic mass is 9.96. The second-order valence-corrected chi connectivity index (χ2v) is 3.38. The Bertz CT molecular complexity index is 131. The first-order chi connectivity index (χ1) is 5.89. The maximum Gasteiger partial charge on any atom is 0.394 e. The van der Waals surface area contributed by atoms with Crippen molar-refractivity contribution in [3.8, 4) is 0 Å². The third-order valence-electron chi connectivity index (χ3n) is 2.12. The van der Waals surface area contributed by atoms with Crippen molar-refractivity contribution in [1.82, 2.24) is 0 Å². The van der Waals surface area contributed by atoms with Crippen LogP contribution in [0.5, 0.6) is 0 Å². The average Bonchev–Trinajstić information content (AvgIpc) is 1.94. The van der Waals surface area contributed by atoms with Gasteiger partial charge in [0.05, 0.1) is 12.0 Å². The second-order valence-electron chi connectivity index (χ2n) is 3.38. The zero-order chi connectivity index (χ0) is 10.5. The molecule has 0 spiro atoms. The molecule has 80 valence electrons. The second kappa shape index (κ2) is 5.47. The van der Waals surface area contributed by atoms with Gasteiger partial charge >= 0.3 is 6.18 Å². The van der Waals surface area contributed by atoms with Gasteiger partial charge in [-0.25, -0.2) is 0 Å². The molecule has 0 heterocycles. The molecule has 0 aliphatic heterocycles. The van der Waals surface area contributed by atoms with E-state index in [0.717, 1.165) is 12.8 Å². The fraction of sp³-hybridized carbons (Fsp3) is 1.00. The molecule has 2 atom stereocenters. The Morgan fingerprint density at radius 1 is 1.23 bits per heavy atom. The van der Waals surface area contributed by atoms with Crippen LogP contribution in [-0.2, 0) is 0 Å². The highest BCUT2D eigenvalue weighted by atomic mass is 19.4. The van der Waals surface area contributed by atoms with Crippen LogP contribution < -0.4 is 0 Å². The maximum absolute atomic E-state index is 12.2. The van der Waals surface area contributed by atoms with Crippen molar-refractivity contribution in [2.24, 2.45) is 5.92 Å². The Morgan fingerprint density at radius 2 is 1.77 bits per heavy atom. The summed E-state index contributed by atoms with van der Waals surface area (Å²) >= 11 is 0. The normalized spacial score (nSPS) is 17.1. The lowest BCUT2D eigenvalue weighted by molar-refractivity contribution is -0.199. The van der Waals surface area contributed by atoms with Crippen LogP contribution >= 0.6 is 0 Å². The van der Waals surface area contributed by atoms with Crippen molar-refractivity contribution >= 4 is 0 Å². The van der Waals surface area contributed by atoms with Crippen molar-refractivity contribution in [2.45, 2.75) is 51.8 Å². The molecule has 0 aliphatic rings. The molecular weight excluding hydrogens is 181 g/mol. The highest BCUT2D eigenvalue weighted by molar-refractivity contribution is 4.72. The minimum atomic E-state index is -4.26. The molecule has 0 aromatic carbocycles. The number of hydrogen-bond donors (Lipinski definition) is 1. The molecule has 0 saturated heterocycles. The van der Waals surface area contributed by atoms with Gasteiger partial charge < -0.3 is 5.11 Å². The summed E-state index contributed by atoms with van der Waals surface area (Å²) in [5.74, 6) is -1.56. The molecule has 1 N–H and O–H groups in total. The molecule has 0 amide bonds. The van der Waals surface area contributed by atoms with Crippen LogP contribution in [0.4, 0.5) is 13.2 Å². The molecule has 0 radical (unpaired) electrons. The molecule has 2 unspecified atom stereocenters. The number of aliphatic hydroxyl groups excluding tert-OH is 1. The molecular formula is C9H17F3O. The van der Waals surface area contributed by atoms with Gasteiger partial charge in [0.1, 0.15) is 0 Å². The van der Waals surface area contributed by atoms with Crippen molar-refractivity contribution in [2.75, 3.05) is 0 Å². The number of alkyl halides is 3. The van der Waals surface area contributed by atoms with Crippen LogP contribution in [-0.4, -0.2) is 17.4 Å². The largest absolute Gasteiger partial charge is 0.394 e. The number of aliphatic hydroxyl groups is 1. The molecule has 0 saturated carbocycles. The monoisotopic (exact) mass is 198 g/mol. The van der Waals surface area contributed by atoms with Crippen molar-refractivity contribution in [1.29, 1.82) is 0 Å². The van der Waals surface area contributed by atoms with Crippen LogP contribution in [0.3, 0.4) is 0 Å². The van der Waals surface area contributed by atoms with Crippen molar-refractivity contribution in [3.63, 3.8) is 0 Å². The summed E-state index contributed by atoms with van der Waals surface area (Å²) in [5, 5.41) is 8.93. The molecule has 0 rings (SSSR count). The summed E-state index contributed by atoms with van der Waals surface area (Å²) in [4.78, 5) is 0. The van der Waals surface area contributed by atoms with Crippen molar-refractivity contribution in [3.05, 3.63) is 0 Å². The van der Waals surface area contributed by atoms with Crippen LogP contribution in [0.2, 0.25) is 0 Å². The van der Waals surface area contributed by atoms with Gasteiger partial charge in [-0.05, 0) is 13.3 Å². The van der Waals surface area contributed by atoms with Crippen LogP contribution in [0.15, 0.2) is 0 Å². The van der Waals surface area contributed by atoms with E-state index in [4.69, 9.17) is 5.11 Å². The smallest absolute Gasteiger partial charge is 0.393 e. The zero-order valence-corrected chi connectivity index (χ0v) is 8.06. The van der Waals surface area contributed by atoms with Crippen LogP contribution in [0, 0.1) is 5.92 Å². The fourth-order valence-corrected chi connectivity index (χ4v) is 1.29. The quantitative estimate of drug-likeness (QED) is 0.673. The molecule has 4 heteroatoms. The summed E-state index contributed by atoms with van der Waals surface area (Å²) in [7, 11) is 0. The highest BCUT2D eigenvalue weighted by Crippen LogP contribution is 2.32. The molecule has 13 heavy (non-hydrogen) atoms. The van der Waals surface area contributed by atoms with E-state index in [9.17, 15) is 13.2 Å². The Morgan fingerprint density at radius 3 is 2.08 bits per heavy atom. The third-order valence-corrected chi connectivity index (χ3v) is 2.12. The summed E-state index contributed by atoms with van der Waals surface area (Å²) in [6, 6.07) is 0. The van der Waals surface area contributed by atoms with E-state index in [-0.39, 0.29) is 6.42 Å². The zero-order valence-electron chi connectivity index (χ0n) is 8.06. The highest BCUT2D eigenvalue weighted by Gasteiger charge is 2.41. The molecule has 0 aliphatic carbocycles.